The number of thiophene rings is 1. The normalized spacial score (nSPS) is 13.6. The number of carbonyl (C=O) groups is 3. The summed E-state index contributed by atoms with van der Waals surface area (Å²) >= 11 is 1.25. The summed E-state index contributed by atoms with van der Waals surface area (Å²) < 4.78 is 19.2. The predicted octanol–water partition coefficient (Wildman–Crippen LogP) is 3.90. The number of nitrogens with one attached hydrogen (secondary N) is 3. The van der Waals surface area contributed by atoms with Crippen LogP contribution in [0.1, 0.15) is 54.0 Å². The van der Waals surface area contributed by atoms with Gasteiger partial charge < -0.3 is 25.3 Å². The summed E-state index contributed by atoms with van der Waals surface area (Å²) in [4.78, 5) is 43.2. The summed E-state index contributed by atoms with van der Waals surface area (Å²) in [6, 6.07) is 3.69. The smallest absolute Gasteiger partial charge is 0.258 e. The van der Waals surface area contributed by atoms with Crippen molar-refractivity contribution in [1.29, 1.82) is 5.41 Å². The van der Waals surface area contributed by atoms with Gasteiger partial charge in [0, 0.05) is 24.4 Å². The van der Waals surface area contributed by atoms with E-state index in [0.29, 0.717) is 21.1 Å². The maximum atomic E-state index is 14.0. The van der Waals surface area contributed by atoms with E-state index in [1.165, 1.54) is 36.8 Å². The van der Waals surface area contributed by atoms with Gasteiger partial charge in [0.1, 0.15) is 21.6 Å². The molecule has 10 nitrogen and oxygen atoms in total. The van der Waals surface area contributed by atoms with E-state index in [9.17, 15) is 18.8 Å². The van der Waals surface area contributed by atoms with Crippen LogP contribution in [0.15, 0.2) is 23.3 Å². The molecule has 0 bridgehead atoms. The summed E-state index contributed by atoms with van der Waals surface area (Å²) in [6.45, 7) is 9.04. The second-order valence-corrected chi connectivity index (χ2v) is 10.9. The standard InChI is InChI=1S/C26H33FN6O4S/c1-15(2)30-25(36)26(4,5)13-33-14-32(12-19(34)18-11-17(27)7-8-20(18)37-6)24-21(23(33)35)16(3)22(38-24)31-29-10-9-28/h7-11,15,28,31H,12-14H2,1-6H3,(H,30,36)/b28-9?,29-10-. The van der Waals surface area contributed by atoms with Crippen LogP contribution in [0.4, 0.5) is 14.4 Å². The van der Waals surface area contributed by atoms with Crippen molar-refractivity contribution in [3.05, 3.63) is 40.7 Å². The van der Waals surface area contributed by atoms with Crippen LogP contribution >= 0.6 is 11.3 Å². The van der Waals surface area contributed by atoms with Crippen LogP contribution in [0.2, 0.25) is 0 Å². The summed E-state index contributed by atoms with van der Waals surface area (Å²) in [5.41, 5.74) is 3.06. The van der Waals surface area contributed by atoms with Gasteiger partial charge in [-0.2, -0.15) is 5.10 Å². The van der Waals surface area contributed by atoms with Crippen LogP contribution in [0.25, 0.3) is 0 Å². The Balaban J connectivity index is 2.00. The average Bonchev–Trinajstić information content (AvgIpc) is 3.18. The Morgan fingerprint density at radius 1 is 1.32 bits per heavy atom. The third-order valence-electron chi connectivity index (χ3n) is 5.99. The molecule has 3 N–H and O–H groups in total. The Kier molecular flexibility index (Phi) is 8.87. The molecule has 38 heavy (non-hydrogen) atoms. The van der Waals surface area contributed by atoms with Gasteiger partial charge in [0.25, 0.3) is 5.91 Å². The predicted molar refractivity (Wildman–Crippen MR) is 148 cm³/mol. The number of fused-ring (bicyclic) bond motifs is 1. The van der Waals surface area contributed by atoms with Crippen molar-refractivity contribution in [2.75, 3.05) is 37.2 Å². The van der Waals surface area contributed by atoms with E-state index in [1.54, 1.807) is 30.6 Å². The van der Waals surface area contributed by atoms with Gasteiger partial charge >= 0.3 is 0 Å². The summed E-state index contributed by atoms with van der Waals surface area (Å²) in [5, 5.41) is 15.1. The molecule has 0 unspecified atom stereocenters. The minimum absolute atomic E-state index is 0.0523. The molecule has 0 fully saturated rings. The van der Waals surface area contributed by atoms with Crippen LogP contribution in [-0.4, -0.2) is 67.8 Å². The number of hydrogen-bond acceptors (Lipinski definition) is 9. The first-order valence-corrected chi connectivity index (χ1v) is 12.8. The molecule has 0 radical (unpaired) electrons. The number of halogens is 1. The lowest BCUT2D eigenvalue weighted by Crippen LogP contribution is -2.54. The van der Waals surface area contributed by atoms with Crippen molar-refractivity contribution >= 4 is 51.4 Å². The Morgan fingerprint density at radius 3 is 2.66 bits per heavy atom. The average molecular weight is 545 g/mol. The van der Waals surface area contributed by atoms with Gasteiger partial charge in [0.2, 0.25) is 5.91 Å². The highest BCUT2D eigenvalue weighted by atomic mass is 32.1. The molecular weight excluding hydrogens is 511 g/mol. The highest BCUT2D eigenvalue weighted by Gasteiger charge is 2.39. The lowest BCUT2D eigenvalue weighted by atomic mass is 9.90. The van der Waals surface area contributed by atoms with Crippen molar-refractivity contribution in [3.8, 4) is 5.75 Å². The molecule has 1 aliphatic heterocycles. The maximum absolute atomic E-state index is 14.0. The fourth-order valence-corrected chi connectivity index (χ4v) is 5.25. The molecule has 1 aromatic heterocycles. The Labute approximate surface area is 225 Å². The number of nitrogens with zero attached hydrogens (tertiary/aromatic N) is 3. The van der Waals surface area contributed by atoms with Crippen LogP contribution in [0.5, 0.6) is 5.75 Å². The maximum Gasteiger partial charge on any atom is 0.258 e. The SMILES string of the molecule is COc1ccc(F)cc1C(=O)CN1CN(CC(C)(C)C(=O)NC(C)C)C(=O)c2c1sc(N/N=C\C=N)c2C. The third kappa shape index (κ3) is 6.18. The van der Waals surface area contributed by atoms with Crippen LogP contribution in [0.3, 0.4) is 0 Å². The number of amides is 2. The zero-order valence-electron chi connectivity index (χ0n) is 22.3. The Morgan fingerprint density at radius 2 is 2.03 bits per heavy atom. The molecule has 0 saturated heterocycles. The van der Waals surface area contributed by atoms with E-state index in [1.807, 2.05) is 13.8 Å². The van der Waals surface area contributed by atoms with E-state index in [-0.39, 0.29) is 54.7 Å². The second kappa shape index (κ2) is 11.7. The van der Waals surface area contributed by atoms with Crippen molar-refractivity contribution in [1.82, 2.24) is 10.2 Å². The second-order valence-electron chi connectivity index (χ2n) is 9.92. The highest BCUT2D eigenvalue weighted by Crippen LogP contribution is 2.43. The molecule has 204 valence electrons. The largest absolute Gasteiger partial charge is 0.496 e. The number of methoxy groups -OCH3 is 1. The fourth-order valence-electron chi connectivity index (χ4n) is 4.11. The van der Waals surface area contributed by atoms with Gasteiger partial charge in [-0.05, 0) is 52.8 Å². The molecular formula is C26H33FN6O4S. The van der Waals surface area contributed by atoms with E-state index in [0.717, 1.165) is 12.3 Å². The van der Waals surface area contributed by atoms with Crippen LogP contribution in [0, 0.1) is 23.6 Å². The highest BCUT2D eigenvalue weighted by molar-refractivity contribution is 7.20. The third-order valence-corrected chi connectivity index (χ3v) is 7.25. The summed E-state index contributed by atoms with van der Waals surface area (Å²) in [7, 11) is 1.41. The number of rotatable bonds is 11. The molecule has 0 spiro atoms. The molecule has 0 atom stereocenters. The molecule has 0 aliphatic carbocycles. The van der Waals surface area contributed by atoms with Gasteiger partial charge in [-0.1, -0.05) is 11.3 Å². The number of ketones is 1. The number of hydrazone groups is 1. The minimum atomic E-state index is -0.905. The quantitative estimate of drug-likeness (QED) is 0.224. The molecule has 1 aliphatic rings. The Hall–Kier alpha value is -3.80. The Bertz CT molecular complexity index is 1270. The number of benzene rings is 1. The molecule has 2 amide bonds. The number of Topliss-reactive ketones (excluding diaryl/α,β-unsaturated/α-hetero) is 1. The van der Waals surface area contributed by atoms with E-state index in [4.69, 9.17) is 10.1 Å². The first kappa shape index (κ1) is 28.8. The number of carbonyl (C=O) groups excluding carboxylic acids is 3. The van der Waals surface area contributed by atoms with Crippen molar-refractivity contribution < 1.29 is 23.5 Å². The molecule has 0 saturated carbocycles. The van der Waals surface area contributed by atoms with Gasteiger partial charge in [0.15, 0.2) is 5.78 Å². The zero-order valence-corrected chi connectivity index (χ0v) is 23.2. The number of ether oxygens (including phenoxy) is 1. The molecule has 12 heteroatoms. The van der Waals surface area contributed by atoms with Crippen LogP contribution < -0.4 is 20.4 Å². The first-order chi connectivity index (χ1) is 17.9. The topological polar surface area (TPSA) is 127 Å². The zero-order chi connectivity index (χ0) is 28.2. The van der Waals surface area contributed by atoms with Crippen molar-refractivity contribution in [3.63, 3.8) is 0 Å². The lowest BCUT2D eigenvalue weighted by molar-refractivity contribution is -0.130. The van der Waals surface area contributed by atoms with E-state index >= 15 is 0 Å². The van der Waals surface area contributed by atoms with Crippen LogP contribution in [-0.2, 0) is 4.79 Å². The first-order valence-electron chi connectivity index (χ1n) is 12.0. The summed E-state index contributed by atoms with van der Waals surface area (Å²) in [5.74, 6) is -1.16. The van der Waals surface area contributed by atoms with Gasteiger partial charge in [-0.15, -0.1) is 0 Å². The number of anilines is 2. The van der Waals surface area contributed by atoms with E-state index in [2.05, 4.69) is 15.8 Å². The molecule has 2 aromatic rings. The van der Waals surface area contributed by atoms with E-state index < -0.39 is 11.2 Å². The summed E-state index contributed by atoms with van der Waals surface area (Å²) in [6.07, 6.45) is 2.28. The monoisotopic (exact) mass is 544 g/mol. The van der Waals surface area contributed by atoms with Gasteiger partial charge in [-0.3, -0.25) is 19.8 Å². The molecule has 1 aromatic carbocycles. The minimum Gasteiger partial charge on any atom is -0.496 e. The lowest BCUT2D eigenvalue weighted by Gasteiger charge is -2.39. The fraction of sp³-hybridized carbons (Fsp3) is 0.423. The van der Waals surface area contributed by atoms with Crippen molar-refractivity contribution in [2.24, 2.45) is 10.5 Å². The molecule has 3 rings (SSSR count). The number of hydrogen-bond donors (Lipinski definition) is 3. The van der Waals surface area contributed by atoms with Gasteiger partial charge in [-0.25, -0.2) is 4.39 Å². The van der Waals surface area contributed by atoms with Gasteiger partial charge in [0.05, 0.1) is 43.1 Å². The van der Waals surface area contributed by atoms with Crippen molar-refractivity contribution in [2.45, 2.75) is 40.7 Å². The molecule has 2 heterocycles.